The van der Waals surface area contributed by atoms with Crippen LogP contribution in [0.1, 0.15) is 90.9 Å². The molecule has 0 aliphatic carbocycles. The fraction of sp³-hybridized carbons (Fsp3) is 1.00. The van der Waals surface area contributed by atoms with E-state index in [-0.39, 0.29) is 12.1 Å². The third-order valence-electron chi connectivity index (χ3n) is 3.81. The van der Waals surface area contributed by atoms with Gasteiger partial charge >= 0.3 is 0 Å². The summed E-state index contributed by atoms with van der Waals surface area (Å²) in [5.74, 6) is 0. The van der Waals surface area contributed by atoms with Gasteiger partial charge in [0.2, 0.25) is 0 Å². The van der Waals surface area contributed by atoms with Gasteiger partial charge < -0.3 is 11.5 Å². The highest BCUT2D eigenvalue weighted by molar-refractivity contribution is 4.75. The summed E-state index contributed by atoms with van der Waals surface area (Å²) < 4.78 is 0. The Kier molecular flexibility index (Phi) is 13.3. The third-order valence-corrected chi connectivity index (χ3v) is 3.81. The summed E-state index contributed by atoms with van der Waals surface area (Å²) >= 11 is 0. The smallest absolute Gasteiger partial charge is 0.0192 e. The van der Waals surface area contributed by atoms with Gasteiger partial charge in [-0.2, -0.15) is 0 Å². The standard InChI is InChI=1S/C16H36N2/c1-3-5-6-7-8-9-10-11-12-14-16(18)15(17)13-4-2/h15-16H,3-14,17-18H2,1-2H3. The summed E-state index contributed by atoms with van der Waals surface area (Å²) in [5, 5.41) is 0. The van der Waals surface area contributed by atoms with Crippen molar-refractivity contribution in [1.29, 1.82) is 0 Å². The molecular weight excluding hydrogens is 220 g/mol. The van der Waals surface area contributed by atoms with Gasteiger partial charge in [-0.1, -0.05) is 78.1 Å². The minimum atomic E-state index is 0.212. The number of rotatable bonds is 13. The van der Waals surface area contributed by atoms with Crippen molar-refractivity contribution in [2.75, 3.05) is 0 Å². The van der Waals surface area contributed by atoms with Crippen LogP contribution in [0.25, 0.3) is 0 Å². The van der Waals surface area contributed by atoms with Gasteiger partial charge in [0.15, 0.2) is 0 Å². The Morgan fingerprint density at radius 1 is 0.556 bits per heavy atom. The molecule has 0 aliphatic rings. The maximum Gasteiger partial charge on any atom is 0.0192 e. The van der Waals surface area contributed by atoms with Crippen LogP contribution in [0.15, 0.2) is 0 Å². The zero-order valence-electron chi connectivity index (χ0n) is 12.8. The highest BCUT2D eigenvalue weighted by Crippen LogP contribution is 2.12. The normalized spacial score (nSPS) is 14.7. The van der Waals surface area contributed by atoms with Gasteiger partial charge in [0.1, 0.15) is 0 Å². The minimum Gasteiger partial charge on any atom is -0.326 e. The average Bonchev–Trinajstić information content (AvgIpc) is 2.36. The van der Waals surface area contributed by atoms with Crippen LogP contribution in [0.3, 0.4) is 0 Å². The zero-order chi connectivity index (χ0) is 13.6. The maximum atomic E-state index is 6.07. The van der Waals surface area contributed by atoms with Crippen molar-refractivity contribution in [1.82, 2.24) is 0 Å². The SMILES string of the molecule is CCCCCCCCCCCC(N)C(N)CCC. The molecule has 0 radical (unpaired) electrons. The van der Waals surface area contributed by atoms with E-state index in [9.17, 15) is 0 Å². The lowest BCUT2D eigenvalue weighted by atomic mass is 9.98. The van der Waals surface area contributed by atoms with Gasteiger partial charge in [-0.15, -0.1) is 0 Å². The van der Waals surface area contributed by atoms with E-state index in [4.69, 9.17) is 11.5 Å². The summed E-state index contributed by atoms with van der Waals surface area (Å²) in [4.78, 5) is 0. The number of unbranched alkanes of at least 4 members (excludes halogenated alkanes) is 8. The van der Waals surface area contributed by atoms with Gasteiger partial charge in [0.05, 0.1) is 0 Å². The molecule has 2 heteroatoms. The Balaban J connectivity index is 3.19. The molecule has 0 fully saturated rings. The molecule has 110 valence electrons. The fourth-order valence-electron chi connectivity index (χ4n) is 2.45. The summed E-state index contributed by atoms with van der Waals surface area (Å²) in [6, 6.07) is 0.429. The van der Waals surface area contributed by atoms with E-state index in [1.165, 1.54) is 57.8 Å². The zero-order valence-corrected chi connectivity index (χ0v) is 12.8. The molecule has 0 spiro atoms. The fourth-order valence-corrected chi connectivity index (χ4v) is 2.45. The molecule has 0 aromatic carbocycles. The first-order valence-electron chi connectivity index (χ1n) is 8.23. The van der Waals surface area contributed by atoms with E-state index in [1.54, 1.807) is 0 Å². The van der Waals surface area contributed by atoms with Crippen molar-refractivity contribution >= 4 is 0 Å². The molecule has 0 aromatic rings. The second-order valence-electron chi connectivity index (χ2n) is 5.73. The lowest BCUT2D eigenvalue weighted by Gasteiger charge is -2.18. The van der Waals surface area contributed by atoms with Gasteiger partial charge in [-0.05, 0) is 12.8 Å². The number of hydrogen-bond donors (Lipinski definition) is 2. The van der Waals surface area contributed by atoms with Gasteiger partial charge in [0.25, 0.3) is 0 Å². The summed E-state index contributed by atoms with van der Waals surface area (Å²) in [6.07, 6.45) is 15.7. The third kappa shape index (κ3) is 11.0. The van der Waals surface area contributed by atoms with Gasteiger partial charge in [0, 0.05) is 12.1 Å². The van der Waals surface area contributed by atoms with Crippen LogP contribution in [0, 0.1) is 0 Å². The van der Waals surface area contributed by atoms with E-state index in [1.807, 2.05) is 0 Å². The molecule has 2 unspecified atom stereocenters. The molecule has 0 amide bonds. The van der Waals surface area contributed by atoms with Crippen molar-refractivity contribution in [3.63, 3.8) is 0 Å². The second-order valence-corrected chi connectivity index (χ2v) is 5.73. The maximum absolute atomic E-state index is 6.07. The summed E-state index contributed by atoms with van der Waals surface area (Å²) in [5.41, 5.74) is 12.1. The first-order chi connectivity index (χ1) is 8.72. The van der Waals surface area contributed by atoms with Crippen LogP contribution in [-0.2, 0) is 0 Å². The predicted octanol–water partition coefficient (Wildman–Crippen LogP) is 4.36. The number of hydrogen-bond acceptors (Lipinski definition) is 2. The van der Waals surface area contributed by atoms with E-state index in [2.05, 4.69) is 13.8 Å². The largest absolute Gasteiger partial charge is 0.326 e. The van der Waals surface area contributed by atoms with Crippen molar-refractivity contribution in [2.45, 2.75) is 103 Å². The monoisotopic (exact) mass is 256 g/mol. The first kappa shape index (κ1) is 17.9. The lowest BCUT2D eigenvalue weighted by Crippen LogP contribution is -2.41. The van der Waals surface area contributed by atoms with E-state index in [0.717, 1.165) is 19.3 Å². The highest BCUT2D eigenvalue weighted by atomic mass is 14.8. The van der Waals surface area contributed by atoms with E-state index in [0.29, 0.717) is 0 Å². The molecule has 0 aliphatic heterocycles. The predicted molar refractivity (Wildman–Crippen MR) is 82.7 cm³/mol. The molecule has 0 saturated heterocycles. The van der Waals surface area contributed by atoms with Crippen molar-refractivity contribution in [2.24, 2.45) is 11.5 Å². The highest BCUT2D eigenvalue weighted by Gasteiger charge is 2.11. The average molecular weight is 256 g/mol. The van der Waals surface area contributed by atoms with Crippen molar-refractivity contribution < 1.29 is 0 Å². The van der Waals surface area contributed by atoms with Crippen LogP contribution in [-0.4, -0.2) is 12.1 Å². The van der Waals surface area contributed by atoms with Crippen LogP contribution >= 0.6 is 0 Å². The summed E-state index contributed by atoms with van der Waals surface area (Å²) in [6.45, 7) is 4.44. The van der Waals surface area contributed by atoms with E-state index >= 15 is 0 Å². The topological polar surface area (TPSA) is 52.0 Å². The lowest BCUT2D eigenvalue weighted by molar-refractivity contribution is 0.442. The quantitative estimate of drug-likeness (QED) is 0.481. The molecule has 0 heterocycles. The minimum absolute atomic E-state index is 0.212. The number of nitrogens with two attached hydrogens (primary N) is 2. The molecule has 18 heavy (non-hydrogen) atoms. The Morgan fingerprint density at radius 2 is 1.00 bits per heavy atom. The van der Waals surface area contributed by atoms with E-state index < -0.39 is 0 Å². The van der Waals surface area contributed by atoms with Crippen molar-refractivity contribution in [3.05, 3.63) is 0 Å². The molecule has 2 nitrogen and oxygen atoms in total. The molecule has 0 aromatic heterocycles. The molecule has 0 bridgehead atoms. The van der Waals surface area contributed by atoms with Crippen LogP contribution in [0.4, 0.5) is 0 Å². The van der Waals surface area contributed by atoms with Gasteiger partial charge in [-0.25, -0.2) is 0 Å². The molecular formula is C16H36N2. The Labute approximate surface area is 115 Å². The molecule has 2 atom stereocenters. The Hall–Kier alpha value is -0.0800. The van der Waals surface area contributed by atoms with Crippen LogP contribution in [0.2, 0.25) is 0 Å². The second kappa shape index (κ2) is 13.4. The van der Waals surface area contributed by atoms with Crippen LogP contribution in [0.5, 0.6) is 0 Å². The molecule has 0 saturated carbocycles. The Bertz CT molecular complexity index is 159. The van der Waals surface area contributed by atoms with Crippen molar-refractivity contribution in [3.8, 4) is 0 Å². The Morgan fingerprint density at radius 3 is 1.50 bits per heavy atom. The summed E-state index contributed by atoms with van der Waals surface area (Å²) in [7, 11) is 0. The van der Waals surface area contributed by atoms with Gasteiger partial charge in [-0.3, -0.25) is 0 Å². The van der Waals surface area contributed by atoms with Crippen LogP contribution < -0.4 is 11.5 Å². The molecule has 0 rings (SSSR count). The first-order valence-corrected chi connectivity index (χ1v) is 8.23. The molecule has 4 N–H and O–H groups in total.